The Morgan fingerprint density at radius 3 is 2.43 bits per heavy atom. The third-order valence-corrected chi connectivity index (χ3v) is 4.18. The van der Waals surface area contributed by atoms with Gasteiger partial charge in [-0.25, -0.2) is 0 Å². The molecule has 0 aliphatic carbocycles. The number of benzene rings is 2. The molecule has 1 amide bonds. The van der Waals surface area contributed by atoms with Crippen molar-refractivity contribution in [1.82, 2.24) is 0 Å². The summed E-state index contributed by atoms with van der Waals surface area (Å²) >= 11 is 0. The van der Waals surface area contributed by atoms with Gasteiger partial charge in [-0.2, -0.15) is 0 Å². The van der Waals surface area contributed by atoms with E-state index in [4.69, 9.17) is 14.2 Å². The van der Waals surface area contributed by atoms with E-state index in [-0.39, 0.29) is 24.2 Å². The van der Waals surface area contributed by atoms with Crippen LogP contribution in [0.25, 0.3) is 0 Å². The maximum atomic E-state index is 12.4. The van der Waals surface area contributed by atoms with Crippen molar-refractivity contribution in [3.63, 3.8) is 0 Å². The minimum Gasteiger partial charge on any atom is -0.491 e. The predicted molar refractivity (Wildman–Crippen MR) is 106 cm³/mol. The molecule has 6 nitrogen and oxygen atoms in total. The molecule has 0 spiro atoms. The molecular weight excluding hydrogens is 358 g/mol. The molecule has 0 saturated carbocycles. The van der Waals surface area contributed by atoms with Gasteiger partial charge in [-0.3, -0.25) is 9.59 Å². The molecule has 6 heteroatoms. The highest BCUT2D eigenvalue weighted by Crippen LogP contribution is 2.31. The summed E-state index contributed by atoms with van der Waals surface area (Å²) in [5.74, 6) is 1.89. The molecule has 3 rings (SSSR count). The quantitative estimate of drug-likeness (QED) is 0.690. The van der Waals surface area contributed by atoms with Gasteiger partial charge in [0, 0.05) is 24.1 Å². The van der Waals surface area contributed by atoms with Gasteiger partial charge >= 0.3 is 0 Å². The molecule has 1 aliphatic heterocycles. The summed E-state index contributed by atoms with van der Waals surface area (Å²) in [7, 11) is 0. The minimum atomic E-state index is -0.118. The van der Waals surface area contributed by atoms with Crippen LogP contribution in [0.4, 0.5) is 5.69 Å². The highest BCUT2D eigenvalue weighted by Gasteiger charge is 2.15. The van der Waals surface area contributed by atoms with Crippen LogP contribution in [-0.2, 0) is 4.79 Å². The molecule has 0 radical (unpaired) electrons. The van der Waals surface area contributed by atoms with Crippen LogP contribution in [-0.4, -0.2) is 31.0 Å². The van der Waals surface area contributed by atoms with E-state index in [9.17, 15) is 9.59 Å². The number of carbonyl (C=O) groups is 2. The van der Waals surface area contributed by atoms with Gasteiger partial charge in [0.25, 0.3) is 0 Å². The lowest BCUT2D eigenvalue weighted by Gasteiger charge is -2.18. The van der Waals surface area contributed by atoms with Gasteiger partial charge < -0.3 is 19.5 Å². The first-order valence-corrected chi connectivity index (χ1v) is 9.50. The number of rotatable bonds is 8. The normalized spacial score (nSPS) is 12.5. The van der Waals surface area contributed by atoms with Crippen LogP contribution in [0.3, 0.4) is 0 Å². The van der Waals surface area contributed by atoms with Crippen molar-refractivity contribution in [1.29, 1.82) is 0 Å². The number of anilines is 1. The topological polar surface area (TPSA) is 73.9 Å². The van der Waals surface area contributed by atoms with Crippen molar-refractivity contribution < 1.29 is 23.8 Å². The number of fused-ring (bicyclic) bond motifs is 1. The first-order valence-electron chi connectivity index (χ1n) is 9.50. The van der Waals surface area contributed by atoms with E-state index in [2.05, 4.69) is 5.32 Å². The Morgan fingerprint density at radius 2 is 1.71 bits per heavy atom. The van der Waals surface area contributed by atoms with Crippen molar-refractivity contribution in [3.8, 4) is 17.2 Å². The number of hydrogen-bond acceptors (Lipinski definition) is 5. The molecule has 148 valence electrons. The van der Waals surface area contributed by atoms with Crippen LogP contribution in [0, 0.1) is 0 Å². The Bertz CT molecular complexity index is 829. The summed E-state index contributed by atoms with van der Waals surface area (Å²) in [6.45, 7) is 4.92. The third kappa shape index (κ3) is 5.49. The number of Topliss-reactive ketones (excluding diaryl/α,β-unsaturated/α-hetero) is 1. The molecule has 0 unspecified atom stereocenters. The summed E-state index contributed by atoms with van der Waals surface area (Å²) in [6.07, 6.45) is 1.16. The third-order valence-electron chi connectivity index (χ3n) is 4.18. The molecule has 0 bridgehead atoms. The summed E-state index contributed by atoms with van der Waals surface area (Å²) in [4.78, 5) is 24.4. The predicted octanol–water partition coefficient (Wildman–Crippen LogP) is 4.24. The molecule has 1 N–H and O–H groups in total. The van der Waals surface area contributed by atoms with E-state index in [0.717, 1.165) is 5.75 Å². The molecule has 2 aromatic rings. The monoisotopic (exact) mass is 383 g/mol. The van der Waals surface area contributed by atoms with Gasteiger partial charge in [0.05, 0.1) is 6.10 Å². The summed E-state index contributed by atoms with van der Waals surface area (Å²) in [5, 5.41) is 2.83. The Morgan fingerprint density at radius 1 is 1.00 bits per heavy atom. The van der Waals surface area contributed by atoms with Crippen molar-refractivity contribution in [2.75, 3.05) is 18.5 Å². The van der Waals surface area contributed by atoms with E-state index in [1.807, 2.05) is 26.0 Å². The van der Waals surface area contributed by atoms with Crippen LogP contribution < -0.4 is 19.5 Å². The zero-order valence-electron chi connectivity index (χ0n) is 16.2. The SMILES string of the molecule is CC(C)Oc1ccc(NC(=O)CCCC(=O)c2ccc3c(c2)OCCO3)cc1. The van der Waals surface area contributed by atoms with Gasteiger partial charge in [0.1, 0.15) is 19.0 Å². The lowest BCUT2D eigenvalue weighted by molar-refractivity contribution is -0.116. The average Bonchev–Trinajstić information content (AvgIpc) is 2.68. The van der Waals surface area contributed by atoms with Gasteiger partial charge in [0.2, 0.25) is 5.91 Å². The van der Waals surface area contributed by atoms with Crippen molar-refractivity contribution in [2.45, 2.75) is 39.2 Å². The molecule has 0 atom stereocenters. The van der Waals surface area contributed by atoms with Crippen molar-refractivity contribution >= 4 is 17.4 Å². The lowest BCUT2D eigenvalue weighted by atomic mass is 10.0. The summed E-state index contributed by atoms with van der Waals surface area (Å²) < 4.78 is 16.5. The van der Waals surface area contributed by atoms with Gasteiger partial charge in [-0.05, 0) is 62.7 Å². The highest BCUT2D eigenvalue weighted by atomic mass is 16.6. The first kappa shape index (κ1) is 19.7. The smallest absolute Gasteiger partial charge is 0.224 e. The zero-order chi connectivity index (χ0) is 19.9. The van der Waals surface area contributed by atoms with E-state index in [1.54, 1.807) is 30.3 Å². The average molecular weight is 383 g/mol. The fourth-order valence-electron chi connectivity index (χ4n) is 2.88. The Hall–Kier alpha value is -3.02. The fourth-order valence-corrected chi connectivity index (χ4v) is 2.88. The maximum absolute atomic E-state index is 12.4. The number of carbonyl (C=O) groups excluding carboxylic acids is 2. The molecule has 0 fully saturated rings. The second-order valence-corrected chi connectivity index (χ2v) is 6.87. The number of amides is 1. The van der Waals surface area contributed by atoms with E-state index >= 15 is 0 Å². The molecule has 0 saturated heterocycles. The first-order chi connectivity index (χ1) is 13.5. The molecule has 0 aromatic heterocycles. The van der Waals surface area contributed by atoms with Crippen molar-refractivity contribution in [2.24, 2.45) is 0 Å². The largest absolute Gasteiger partial charge is 0.491 e. The lowest BCUT2D eigenvalue weighted by Crippen LogP contribution is -2.16. The molecule has 1 heterocycles. The molecular formula is C22H25NO5. The second kappa shape index (κ2) is 9.26. The maximum Gasteiger partial charge on any atom is 0.224 e. The molecule has 1 aliphatic rings. The standard InChI is InChI=1S/C22H25NO5/c1-15(2)28-18-9-7-17(8-10-18)23-22(25)5-3-4-19(24)16-6-11-20-21(14-16)27-13-12-26-20/h6-11,14-15H,3-5,12-13H2,1-2H3,(H,23,25). The van der Waals surface area contributed by atoms with Crippen LogP contribution in [0.5, 0.6) is 17.2 Å². The Balaban J connectivity index is 1.44. The number of nitrogens with one attached hydrogen (secondary N) is 1. The van der Waals surface area contributed by atoms with E-state index in [0.29, 0.717) is 48.8 Å². The highest BCUT2D eigenvalue weighted by molar-refractivity contribution is 5.97. The molecule has 28 heavy (non-hydrogen) atoms. The van der Waals surface area contributed by atoms with Crippen LogP contribution >= 0.6 is 0 Å². The summed E-state index contributed by atoms with van der Waals surface area (Å²) in [6, 6.07) is 12.4. The number of ether oxygens (including phenoxy) is 3. The zero-order valence-corrected chi connectivity index (χ0v) is 16.2. The minimum absolute atomic E-state index is 0.0139. The van der Waals surface area contributed by atoms with Gasteiger partial charge in [-0.15, -0.1) is 0 Å². The number of hydrogen-bond donors (Lipinski definition) is 1. The second-order valence-electron chi connectivity index (χ2n) is 6.87. The number of ketones is 1. The van der Waals surface area contributed by atoms with Gasteiger partial charge in [-0.1, -0.05) is 0 Å². The van der Waals surface area contributed by atoms with Crippen LogP contribution in [0.1, 0.15) is 43.5 Å². The van der Waals surface area contributed by atoms with Crippen LogP contribution in [0.2, 0.25) is 0 Å². The van der Waals surface area contributed by atoms with Gasteiger partial charge in [0.15, 0.2) is 17.3 Å². The Kier molecular flexibility index (Phi) is 6.53. The van der Waals surface area contributed by atoms with E-state index < -0.39 is 0 Å². The Labute approximate surface area is 164 Å². The summed E-state index contributed by atoms with van der Waals surface area (Å²) in [5.41, 5.74) is 1.28. The fraction of sp³-hybridized carbons (Fsp3) is 0.364. The van der Waals surface area contributed by atoms with Crippen molar-refractivity contribution in [3.05, 3.63) is 48.0 Å². The molecule has 2 aromatic carbocycles. The van der Waals surface area contributed by atoms with E-state index in [1.165, 1.54) is 0 Å². The van der Waals surface area contributed by atoms with Crippen LogP contribution in [0.15, 0.2) is 42.5 Å².